The summed E-state index contributed by atoms with van der Waals surface area (Å²) >= 11 is 1.41. The van der Waals surface area contributed by atoms with Crippen LogP contribution in [0.1, 0.15) is 50.0 Å². The van der Waals surface area contributed by atoms with Crippen LogP contribution in [-0.4, -0.2) is 45.5 Å². The van der Waals surface area contributed by atoms with E-state index in [4.69, 9.17) is 4.74 Å². The van der Waals surface area contributed by atoms with Crippen LogP contribution in [0.15, 0.2) is 23.4 Å². The van der Waals surface area contributed by atoms with E-state index in [-0.39, 0.29) is 17.4 Å². The number of halogens is 1. The molecule has 1 aliphatic carbocycles. The first kappa shape index (κ1) is 19.7. The number of thioether (sulfide) groups is 1. The predicted octanol–water partition coefficient (Wildman–Crippen LogP) is 3.63. The second-order valence-electron chi connectivity index (χ2n) is 7.10. The zero-order valence-corrected chi connectivity index (χ0v) is 16.9. The first-order valence-corrected chi connectivity index (χ1v) is 10.0. The van der Waals surface area contributed by atoms with E-state index in [1.807, 2.05) is 0 Å². The molecule has 0 N–H and O–H groups in total. The van der Waals surface area contributed by atoms with Gasteiger partial charge in [-0.15, -0.1) is 10.2 Å². The molecule has 27 heavy (non-hydrogen) atoms. The summed E-state index contributed by atoms with van der Waals surface area (Å²) in [5, 5.41) is 9.40. The largest absolute Gasteiger partial charge is 0.494 e. The molecule has 1 aliphatic rings. The van der Waals surface area contributed by atoms with Gasteiger partial charge in [0.05, 0.1) is 12.9 Å². The normalized spacial score (nSPS) is 13.9. The predicted molar refractivity (Wildman–Crippen MR) is 103 cm³/mol. The summed E-state index contributed by atoms with van der Waals surface area (Å²) in [7, 11) is 3.15. The Morgan fingerprint density at radius 1 is 1.41 bits per heavy atom. The van der Waals surface area contributed by atoms with Crippen LogP contribution in [0.4, 0.5) is 4.39 Å². The van der Waals surface area contributed by atoms with Crippen molar-refractivity contribution in [2.45, 2.75) is 50.4 Å². The van der Waals surface area contributed by atoms with Crippen molar-refractivity contribution in [3.63, 3.8) is 0 Å². The fraction of sp³-hybridized carbons (Fsp3) is 0.526. The quantitative estimate of drug-likeness (QED) is 0.642. The van der Waals surface area contributed by atoms with Crippen LogP contribution < -0.4 is 4.74 Å². The van der Waals surface area contributed by atoms with Crippen molar-refractivity contribution >= 4 is 17.7 Å². The van der Waals surface area contributed by atoms with Crippen molar-refractivity contribution in [3.05, 3.63) is 35.4 Å². The molecule has 3 rings (SSSR count). The zero-order chi connectivity index (χ0) is 19.6. The molecule has 8 heteroatoms. The Morgan fingerprint density at radius 3 is 2.74 bits per heavy atom. The minimum Gasteiger partial charge on any atom is -0.494 e. The summed E-state index contributed by atoms with van der Waals surface area (Å²) in [6.45, 7) is 4.54. The SMILES string of the molecule is COc1ccc(CN(C)C(=O)CSc2nnc(C(C)C)n2C2CC2)cc1F. The molecule has 146 valence electrons. The first-order valence-electron chi connectivity index (χ1n) is 9.04. The van der Waals surface area contributed by atoms with E-state index in [2.05, 4.69) is 28.6 Å². The summed E-state index contributed by atoms with van der Waals surface area (Å²) in [4.78, 5) is 14.1. The minimum absolute atomic E-state index is 0.0346. The third-order valence-corrected chi connectivity index (χ3v) is 5.43. The fourth-order valence-corrected chi connectivity index (χ4v) is 3.82. The summed E-state index contributed by atoms with van der Waals surface area (Å²) in [5.41, 5.74) is 0.720. The van der Waals surface area contributed by atoms with Gasteiger partial charge in [0.2, 0.25) is 5.91 Å². The Kier molecular flexibility index (Phi) is 6.04. The standard InChI is InChI=1S/C19H25FN4O2S/c1-12(2)18-21-22-19(24(18)14-6-7-14)27-11-17(25)23(3)10-13-5-8-16(26-4)15(20)9-13/h5,8-9,12,14H,6-7,10-11H2,1-4H3. The summed E-state index contributed by atoms with van der Waals surface area (Å²) in [6.07, 6.45) is 2.28. The number of amides is 1. The van der Waals surface area contributed by atoms with E-state index in [1.54, 1.807) is 24.1 Å². The van der Waals surface area contributed by atoms with Crippen LogP contribution in [0.5, 0.6) is 5.75 Å². The highest BCUT2D eigenvalue weighted by molar-refractivity contribution is 7.99. The number of nitrogens with zero attached hydrogens (tertiary/aromatic N) is 4. The average molecular weight is 393 g/mol. The van der Waals surface area contributed by atoms with Crippen LogP contribution in [0.2, 0.25) is 0 Å². The fourth-order valence-electron chi connectivity index (χ4n) is 2.86. The number of carbonyl (C=O) groups is 1. The van der Waals surface area contributed by atoms with Crippen molar-refractivity contribution in [2.24, 2.45) is 0 Å². The van der Waals surface area contributed by atoms with Crippen molar-refractivity contribution in [3.8, 4) is 5.75 Å². The summed E-state index contributed by atoms with van der Waals surface area (Å²) in [6, 6.07) is 5.20. The zero-order valence-electron chi connectivity index (χ0n) is 16.1. The van der Waals surface area contributed by atoms with Gasteiger partial charge in [0, 0.05) is 25.6 Å². The van der Waals surface area contributed by atoms with Gasteiger partial charge in [0.15, 0.2) is 16.7 Å². The van der Waals surface area contributed by atoms with E-state index in [0.29, 0.717) is 18.5 Å². The maximum Gasteiger partial charge on any atom is 0.233 e. The molecule has 1 amide bonds. The van der Waals surface area contributed by atoms with E-state index < -0.39 is 5.82 Å². The smallest absolute Gasteiger partial charge is 0.233 e. The number of carbonyl (C=O) groups excluding carboxylic acids is 1. The number of hydrogen-bond acceptors (Lipinski definition) is 5. The van der Waals surface area contributed by atoms with Gasteiger partial charge in [-0.05, 0) is 30.5 Å². The second-order valence-corrected chi connectivity index (χ2v) is 8.05. The summed E-state index contributed by atoms with van der Waals surface area (Å²) in [5.74, 6) is 1.29. The number of benzene rings is 1. The van der Waals surface area contributed by atoms with E-state index in [9.17, 15) is 9.18 Å². The lowest BCUT2D eigenvalue weighted by molar-refractivity contribution is -0.127. The van der Waals surface area contributed by atoms with Gasteiger partial charge in [-0.25, -0.2) is 4.39 Å². The molecular weight excluding hydrogens is 367 g/mol. The van der Waals surface area contributed by atoms with Crippen molar-refractivity contribution < 1.29 is 13.9 Å². The number of aromatic nitrogens is 3. The van der Waals surface area contributed by atoms with Gasteiger partial charge in [0.1, 0.15) is 5.82 Å². The monoisotopic (exact) mass is 392 g/mol. The van der Waals surface area contributed by atoms with Gasteiger partial charge in [-0.1, -0.05) is 31.7 Å². The lowest BCUT2D eigenvalue weighted by Gasteiger charge is -2.17. The molecule has 0 atom stereocenters. The van der Waals surface area contributed by atoms with E-state index >= 15 is 0 Å². The molecule has 0 spiro atoms. The Labute approximate surface area is 163 Å². The van der Waals surface area contributed by atoms with Gasteiger partial charge < -0.3 is 14.2 Å². The van der Waals surface area contributed by atoms with Crippen LogP contribution >= 0.6 is 11.8 Å². The van der Waals surface area contributed by atoms with Crippen LogP contribution in [0, 0.1) is 5.82 Å². The summed E-state index contributed by atoms with van der Waals surface area (Å²) < 4.78 is 20.9. The Hall–Kier alpha value is -2.09. The molecule has 1 aromatic carbocycles. The van der Waals surface area contributed by atoms with E-state index in [0.717, 1.165) is 29.4 Å². The molecule has 1 heterocycles. The third-order valence-electron chi connectivity index (χ3n) is 4.51. The molecule has 2 aromatic rings. The minimum atomic E-state index is -0.427. The maximum atomic E-state index is 13.8. The van der Waals surface area contributed by atoms with Crippen molar-refractivity contribution in [1.82, 2.24) is 19.7 Å². The van der Waals surface area contributed by atoms with Crippen LogP contribution in [0.3, 0.4) is 0 Å². The lowest BCUT2D eigenvalue weighted by Crippen LogP contribution is -2.28. The Morgan fingerprint density at radius 2 is 2.15 bits per heavy atom. The third kappa shape index (κ3) is 4.61. The van der Waals surface area contributed by atoms with Crippen molar-refractivity contribution in [2.75, 3.05) is 19.9 Å². The van der Waals surface area contributed by atoms with Crippen molar-refractivity contribution in [1.29, 1.82) is 0 Å². The maximum absolute atomic E-state index is 13.8. The van der Waals surface area contributed by atoms with Crippen LogP contribution in [-0.2, 0) is 11.3 Å². The molecule has 1 saturated carbocycles. The van der Waals surface area contributed by atoms with Gasteiger partial charge in [-0.2, -0.15) is 0 Å². The van der Waals surface area contributed by atoms with E-state index in [1.165, 1.54) is 24.9 Å². The molecule has 1 fully saturated rings. The molecule has 1 aromatic heterocycles. The number of rotatable bonds is 8. The molecule has 0 saturated heterocycles. The van der Waals surface area contributed by atoms with Gasteiger partial charge in [0.25, 0.3) is 0 Å². The highest BCUT2D eigenvalue weighted by Crippen LogP contribution is 2.40. The lowest BCUT2D eigenvalue weighted by atomic mass is 10.2. The van der Waals surface area contributed by atoms with Crippen LogP contribution in [0.25, 0.3) is 0 Å². The number of ether oxygens (including phenoxy) is 1. The Bertz CT molecular complexity index is 820. The first-order chi connectivity index (χ1) is 12.9. The second kappa shape index (κ2) is 8.29. The number of hydrogen-bond donors (Lipinski definition) is 0. The molecule has 0 bridgehead atoms. The highest BCUT2D eigenvalue weighted by Gasteiger charge is 2.30. The van der Waals surface area contributed by atoms with Gasteiger partial charge >= 0.3 is 0 Å². The molecule has 0 unspecified atom stereocenters. The topological polar surface area (TPSA) is 60.2 Å². The van der Waals surface area contributed by atoms with Gasteiger partial charge in [-0.3, -0.25) is 4.79 Å². The molecule has 0 radical (unpaired) electrons. The molecule has 6 nitrogen and oxygen atoms in total. The average Bonchev–Trinajstić information content (AvgIpc) is 3.38. The number of methoxy groups -OCH3 is 1. The highest BCUT2D eigenvalue weighted by atomic mass is 32.2. The molecule has 0 aliphatic heterocycles. The Balaban J connectivity index is 1.60. The molecular formula is C19H25FN4O2S.